The summed E-state index contributed by atoms with van der Waals surface area (Å²) < 4.78 is 28.1. The van der Waals surface area contributed by atoms with E-state index in [4.69, 9.17) is 5.11 Å². The van der Waals surface area contributed by atoms with Gasteiger partial charge in [0.15, 0.2) is 0 Å². The minimum Gasteiger partial charge on any atom is -0.477 e. The van der Waals surface area contributed by atoms with E-state index in [2.05, 4.69) is 4.72 Å². The molecule has 0 fully saturated rings. The number of aromatic carboxylic acids is 1. The molecule has 2 aromatic rings. The second kappa shape index (κ2) is 5.34. The van der Waals surface area contributed by atoms with E-state index in [9.17, 15) is 18.0 Å². The lowest BCUT2D eigenvalue weighted by Gasteiger charge is -2.08. The van der Waals surface area contributed by atoms with Crippen LogP contribution in [0, 0.1) is 6.92 Å². The van der Waals surface area contributed by atoms with Gasteiger partial charge in [-0.05, 0) is 19.1 Å². The predicted molar refractivity (Wildman–Crippen MR) is 78.5 cm³/mol. The van der Waals surface area contributed by atoms with Crippen LogP contribution in [0.5, 0.6) is 0 Å². The number of carbonyl (C=O) groups is 1. The fraction of sp³-hybridized carbons (Fsp3) is 0.167. The van der Waals surface area contributed by atoms with Gasteiger partial charge >= 0.3 is 5.97 Å². The Morgan fingerprint density at radius 2 is 2.05 bits per heavy atom. The lowest BCUT2D eigenvalue weighted by atomic mass is 10.4. The number of sulfonamides is 1. The van der Waals surface area contributed by atoms with Crippen molar-refractivity contribution >= 4 is 33.0 Å². The van der Waals surface area contributed by atoms with Crippen molar-refractivity contribution in [3.05, 3.63) is 44.5 Å². The molecule has 0 aliphatic rings. The van der Waals surface area contributed by atoms with E-state index >= 15 is 0 Å². The fourth-order valence-electron chi connectivity index (χ4n) is 1.70. The number of nitrogens with one attached hydrogen (secondary N) is 1. The SMILES string of the molecule is Cc1sc(C(=O)O)cc1S(=O)(=O)Nc1ccc(=O)n(C)c1. The molecule has 2 rings (SSSR count). The van der Waals surface area contributed by atoms with Crippen molar-refractivity contribution < 1.29 is 18.3 Å². The van der Waals surface area contributed by atoms with E-state index in [-0.39, 0.29) is 21.0 Å². The van der Waals surface area contributed by atoms with Gasteiger partial charge in [-0.3, -0.25) is 9.52 Å². The normalized spacial score (nSPS) is 11.3. The number of thiophene rings is 1. The predicted octanol–water partition coefficient (Wildman–Crippen LogP) is 1.25. The van der Waals surface area contributed by atoms with Gasteiger partial charge in [-0.2, -0.15) is 0 Å². The van der Waals surface area contributed by atoms with Crippen molar-refractivity contribution in [3.63, 3.8) is 0 Å². The average molecular weight is 328 g/mol. The van der Waals surface area contributed by atoms with E-state index < -0.39 is 16.0 Å². The first-order valence-corrected chi connectivity index (χ1v) is 8.04. The number of rotatable bonds is 4. The molecule has 0 bridgehead atoms. The highest BCUT2D eigenvalue weighted by Gasteiger charge is 2.22. The summed E-state index contributed by atoms with van der Waals surface area (Å²) in [6, 6.07) is 3.70. The second-order valence-electron chi connectivity index (χ2n) is 4.31. The summed E-state index contributed by atoms with van der Waals surface area (Å²) in [7, 11) is -2.41. The highest BCUT2D eigenvalue weighted by molar-refractivity contribution is 7.93. The summed E-state index contributed by atoms with van der Waals surface area (Å²) in [4.78, 5) is 22.4. The Bertz CT molecular complexity index is 864. The van der Waals surface area contributed by atoms with Crippen molar-refractivity contribution in [2.75, 3.05) is 4.72 Å². The van der Waals surface area contributed by atoms with E-state index in [0.717, 1.165) is 17.4 Å². The van der Waals surface area contributed by atoms with Crippen LogP contribution >= 0.6 is 11.3 Å². The highest BCUT2D eigenvalue weighted by atomic mass is 32.2. The molecule has 0 spiro atoms. The second-order valence-corrected chi connectivity index (χ2v) is 7.22. The van der Waals surface area contributed by atoms with Gasteiger partial charge < -0.3 is 9.67 Å². The lowest BCUT2D eigenvalue weighted by molar-refractivity contribution is 0.0702. The molecule has 0 aliphatic carbocycles. The summed E-state index contributed by atoms with van der Waals surface area (Å²) >= 11 is 0.892. The Morgan fingerprint density at radius 3 is 2.57 bits per heavy atom. The zero-order valence-corrected chi connectivity index (χ0v) is 12.8. The van der Waals surface area contributed by atoms with Crippen LogP contribution in [-0.2, 0) is 17.1 Å². The molecule has 9 heteroatoms. The maximum absolute atomic E-state index is 12.3. The van der Waals surface area contributed by atoms with E-state index in [0.29, 0.717) is 4.88 Å². The summed E-state index contributed by atoms with van der Waals surface area (Å²) in [5.41, 5.74) is -0.0441. The van der Waals surface area contributed by atoms with Gasteiger partial charge in [0, 0.05) is 24.2 Å². The van der Waals surface area contributed by atoms with Gasteiger partial charge in [0.1, 0.15) is 9.77 Å². The number of carboxylic acid groups (broad SMARTS) is 1. The van der Waals surface area contributed by atoms with Crippen LogP contribution in [0.3, 0.4) is 0 Å². The maximum Gasteiger partial charge on any atom is 0.345 e. The molecule has 0 radical (unpaired) electrons. The van der Waals surface area contributed by atoms with Gasteiger partial charge in [0.2, 0.25) is 5.56 Å². The highest BCUT2D eigenvalue weighted by Crippen LogP contribution is 2.27. The van der Waals surface area contributed by atoms with Crippen molar-refractivity contribution in [2.45, 2.75) is 11.8 Å². The van der Waals surface area contributed by atoms with E-state index in [1.807, 2.05) is 0 Å². The molecule has 2 aromatic heterocycles. The van der Waals surface area contributed by atoms with Gasteiger partial charge in [-0.1, -0.05) is 0 Å². The molecule has 21 heavy (non-hydrogen) atoms. The third-order valence-electron chi connectivity index (χ3n) is 2.71. The molecule has 7 nitrogen and oxygen atoms in total. The van der Waals surface area contributed by atoms with Crippen molar-refractivity contribution in [3.8, 4) is 0 Å². The quantitative estimate of drug-likeness (QED) is 0.879. The first-order chi connectivity index (χ1) is 9.70. The molecule has 0 unspecified atom stereocenters. The van der Waals surface area contributed by atoms with Crippen LogP contribution in [0.2, 0.25) is 0 Å². The molecule has 0 saturated carbocycles. The minimum absolute atomic E-state index is 0.0478. The monoisotopic (exact) mass is 328 g/mol. The average Bonchev–Trinajstić information content (AvgIpc) is 2.77. The maximum atomic E-state index is 12.3. The summed E-state index contributed by atoms with van der Waals surface area (Å²) in [6.45, 7) is 1.53. The van der Waals surface area contributed by atoms with Crippen molar-refractivity contribution in [1.29, 1.82) is 0 Å². The summed E-state index contributed by atoms with van der Waals surface area (Å²) in [6.07, 6.45) is 1.35. The Labute approximate surface area is 124 Å². The Morgan fingerprint density at radius 1 is 1.38 bits per heavy atom. The molecule has 2 heterocycles. The summed E-state index contributed by atoms with van der Waals surface area (Å²) in [5.74, 6) is -1.17. The Balaban J connectivity index is 2.40. The minimum atomic E-state index is -3.90. The topological polar surface area (TPSA) is 105 Å². The van der Waals surface area contributed by atoms with Crippen LogP contribution in [0.4, 0.5) is 5.69 Å². The van der Waals surface area contributed by atoms with E-state index in [1.165, 1.54) is 36.9 Å². The lowest BCUT2D eigenvalue weighted by Crippen LogP contribution is -2.18. The van der Waals surface area contributed by atoms with Gasteiger partial charge in [-0.25, -0.2) is 13.2 Å². The number of nitrogens with zero attached hydrogens (tertiary/aromatic N) is 1. The van der Waals surface area contributed by atoms with Crippen molar-refractivity contribution in [1.82, 2.24) is 4.57 Å². The number of pyridine rings is 1. The third kappa shape index (κ3) is 3.14. The number of hydrogen-bond donors (Lipinski definition) is 2. The number of hydrogen-bond acceptors (Lipinski definition) is 5. The smallest absolute Gasteiger partial charge is 0.345 e. The first-order valence-electron chi connectivity index (χ1n) is 5.74. The fourth-order valence-corrected chi connectivity index (χ4v) is 4.18. The van der Waals surface area contributed by atoms with Gasteiger partial charge in [0.05, 0.1) is 5.69 Å². The van der Waals surface area contributed by atoms with Crippen LogP contribution in [0.25, 0.3) is 0 Å². The molecule has 2 N–H and O–H groups in total. The van der Waals surface area contributed by atoms with Crippen LogP contribution in [0.15, 0.2) is 34.1 Å². The first kappa shape index (κ1) is 15.3. The van der Waals surface area contributed by atoms with Crippen molar-refractivity contribution in [2.24, 2.45) is 7.05 Å². The third-order valence-corrected chi connectivity index (χ3v) is 5.39. The standard InChI is InChI=1S/C12H12N2O5S2/c1-7-10(5-9(20-7)12(16)17)21(18,19)13-8-3-4-11(15)14(2)6-8/h3-6,13H,1-2H3,(H,16,17). The number of aromatic nitrogens is 1. The Hall–Kier alpha value is -2.13. The molecule has 0 aromatic carbocycles. The molecule has 0 saturated heterocycles. The Kier molecular flexibility index (Phi) is 3.88. The number of anilines is 1. The molecule has 0 aliphatic heterocycles. The van der Waals surface area contributed by atoms with Crippen LogP contribution < -0.4 is 10.3 Å². The molecular weight excluding hydrogens is 316 g/mol. The van der Waals surface area contributed by atoms with Gasteiger partial charge in [0.25, 0.3) is 10.0 Å². The molecule has 112 valence electrons. The van der Waals surface area contributed by atoms with E-state index in [1.54, 1.807) is 0 Å². The zero-order chi connectivity index (χ0) is 15.8. The molecule has 0 atom stereocenters. The summed E-state index contributed by atoms with van der Waals surface area (Å²) in [5, 5.41) is 8.90. The number of aryl methyl sites for hydroxylation is 2. The molecule has 0 amide bonds. The number of carboxylic acids is 1. The van der Waals surface area contributed by atoms with Gasteiger partial charge in [-0.15, -0.1) is 11.3 Å². The zero-order valence-electron chi connectivity index (χ0n) is 11.2. The van der Waals surface area contributed by atoms with Crippen LogP contribution in [0.1, 0.15) is 14.5 Å². The van der Waals surface area contributed by atoms with Crippen LogP contribution in [-0.4, -0.2) is 24.1 Å². The molecular formula is C12H12N2O5S2. The largest absolute Gasteiger partial charge is 0.477 e.